The Morgan fingerprint density at radius 3 is 2.88 bits per heavy atom. The Labute approximate surface area is 114 Å². The summed E-state index contributed by atoms with van der Waals surface area (Å²) in [5.74, 6) is 1.39. The predicted octanol–water partition coefficient (Wildman–Crippen LogP) is 1.24. The lowest BCUT2D eigenvalue weighted by molar-refractivity contribution is 0.635. The zero-order valence-electron chi connectivity index (χ0n) is 9.97. The van der Waals surface area contributed by atoms with Crippen LogP contribution in [-0.2, 0) is 13.6 Å². The van der Waals surface area contributed by atoms with Gasteiger partial charge in [0.2, 0.25) is 0 Å². The minimum atomic E-state index is 0. The molecule has 0 spiro atoms. The van der Waals surface area contributed by atoms with E-state index in [4.69, 9.17) is 5.73 Å². The van der Waals surface area contributed by atoms with E-state index in [2.05, 4.69) is 29.1 Å². The molecule has 1 aromatic rings. The van der Waals surface area contributed by atoms with E-state index >= 15 is 0 Å². The van der Waals surface area contributed by atoms with Gasteiger partial charge in [-0.2, -0.15) is 0 Å². The van der Waals surface area contributed by atoms with Crippen molar-refractivity contribution in [1.29, 1.82) is 0 Å². The van der Waals surface area contributed by atoms with Gasteiger partial charge in [-0.05, 0) is 13.3 Å². The summed E-state index contributed by atoms with van der Waals surface area (Å²) in [5.41, 5.74) is 5.72. The van der Waals surface area contributed by atoms with Gasteiger partial charge in [0.25, 0.3) is 0 Å². The van der Waals surface area contributed by atoms with Gasteiger partial charge in [-0.3, -0.25) is 0 Å². The molecule has 1 unspecified atom stereocenters. The van der Waals surface area contributed by atoms with Crippen LogP contribution < -0.4 is 11.1 Å². The molecule has 0 aliphatic rings. The average Bonchev–Trinajstić information content (AvgIpc) is 2.61. The number of aryl methyl sites for hydroxylation is 1. The van der Waals surface area contributed by atoms with E-state index in [9.17, 15) is 0 Å². The number of halogens is 1. The summed E-state index contributed by atoms with van der Waals surface area (Å²) >= 11 is 0. The molecule has 0 aliphatic heterocycles. The van der Waals surface area contributed by atoms with Crippen molar-refractivity contribution in [2.45, 2.75) is 32.9 Å². The molecule has 1 aromatic heterocycles. The number of guanidine groups is 1. The van der Waals surface area contributed by atoms with Crippen LogP contribution in [0.2, 0.25) is 0 Å². The third kappa shape index (κ3) is 4.82. The van der Waals surface area contributed by atoms with Gasteiger partial charge >= 0.3 is 0 Å². The van der Waals surface area contributed by atoms with Gasteiger partial charge in [0.15, 0.2) is 5.96 Å². The van der Waals surface area contributed by atoms with Crippen LogP contribution in [0.15, 0.2) is 17.4 Å². The molecule has 0 radical (unpaired) electrons. The summed E-state index contributed by atoms with van der Waals surface area (Å²) < 4.78 is 1.93. The quantitative estimate of drug-likeness (QED) is 0.494. The minimum Gasteiger partial charge on any atom is -0.370 e. The summed E-state index contributed by atoms with van der Waals surface area (Å²) in [6.07, 6.45) is 4.67. The maximum atomic E-state index is 5.72. The van der Waals surface area contributed by atoms with E-state index in [1.54, 1.807) is 6.20 Å². The monoisotopic (exact) mass is 337 g/mol. The molecule has 5 nitrogen and oxygen atoms in total. The first-order valence-corrected chi connectivity index (χ1v) is 5.16. The van der Waals surface area contributed by atoms with Crippen molar-refractivity contribution in [1.82, 2.24) is 14.9 Å². The van der Waals surface area contributed by atoms with E-state index in [1.165, 1.54) is 0 Å². The van der Waals surface area contributed by atoms with Crippen molar-refractivity contribution in [2.24, 2.45) is 17.8 Å². The molecule has 0 saturated carbocycles. The second-order valence-electron chi connectivity index (χ2n) is 3.61. The van der Waals surface area contributed by atoms with Crippen LogP contribution in [0.1, 0.15) is 26.1 Å². The topological polar surface area (TPSA) is 68.2 Å². The molecule has 0 bridgehead atoms. The maximum absolute atomic E-state index is 5.72. The number of aliphatic imine (C=N–C) groups is 1. The number of imidazole rings is 1. The first kappa shape index (κ1) is 15.2. The number of aromatic nitrogens is 2. The summed E-state index contributed by atoms with van der Waals surface area (Å²) in [7, 11) is 1.94. The fourth-order valence-electron chi connectivity index (χ4n) is 1.10. The highest BCUT2D eigenvalue weighted by atomic mass is 127. The van der Waals surface area contributed by atoms with Gasteiger partial charge in [-0.15, -0.1) is 24.0 Å². The van der Waals surface area contributed by atoms with Gasteiger partial charge in [0, 0.05) is 25.5 Å². The highest BCUT2D eigenvalue weighted by molar-refractivity contribution is 14.0. The van der Waals surface area contributed by atoms with E-state index in [-0.39, 0.29) is 24.0 Å². The fraction of sp³-hybridized carbons (Fsp3) is 0.600. The van der Waals surface area contributed by atoms with Crippen molar-refractivity contribution in [3.8, 4) is 0 Å². The van der Waals surface area contributed by atoms with Crippen molar-refractivity contribution in [3.05, 3.63) is 18.2 Å². The molecule has 1 atom stereocenters. The van der Waals surface area contributed by atoms with Crippen LogP contribution in [0.4, 0.5) is 0 Å². The predicted molar refractivity (Wildman–Crippen MR) is 76.8 cm³/mol. The lowest BCUT2D eigenvalue weighted by atomic mass is 10.3. The Bertz CT molecular complexity index is 334. The van der Waals surface area contributed by atoms with Crippen molar-refractivity contribution in [3.63, 3.8) is 0 Å². The molecular weight excluding hydrogens is 317 g/mol. The van der Waals surface area contributed by atoms with Crippen molar-refractivity contribution >= 4 is 29.9 Å². The maximum Gasteiger partial charge on any atom is 0.189 e. The van der Waals surface area contributed by atoms with Crippen LogP contribution >= 0.6 is 24.0 Å². The Morgan fingerprint density at radius 1 is 1.69 bits per heavy atom. The SMILES string of the molecule is CCC(C)NC(N)=NCc1nccn1C.I. The Morgan fingerprint density at radius 2 is 2.38 bits per heavy atom. The van der Waals surface area contributed by atoms with Crippen LogP contribution in [0.25, 0.3) is 0 Å². The average molecular weight is 337 g/mol. The van der Waals surface area contributed by atoms with Crippen LogP contribution in [0.3, 0.4) is 0 Å². The Kier molecular flexibility index (Phi) is 7.11. The third-order valence-corrected chi connectivity index (χ3v) is 2.32. The molecule has 1 heterocycles. The molecule has 16 heavy (non-hydrogen) atoms. The molecule has 0 aliphatic carbocycles. The van der Waals surface area contributed by atoms with Gasteiger partial charge < -0.3 is 15.6 Å². The second-order valence-corrected chi connectivity index (χ2v) is 3.61. The Hall–Kier alpha value is -0.790. The number of nitrogens with one attached hydrogen (secondary N) is 1. The number of hydrogen-bond donors (Lipinski definition) is 2. The third-order valence-electron chi connectivity index (χ3n) is 2.32. The van der Waals surface area contributed by atoms with Gasteiger partial charge in [-0.25, -0.2) is 9.98 Å². The zero-order valence-corrected chi connectivity index (χ0v) is 12.3. The molecular formula is C10H20IN5. The molecule has 1 rings (SSSR count). The summed E-state index contributed by atoms with van der Waals surface area (Å²) in [5, 5.41) is 3.10. The van der Waals surface area contributed by atoms with Gasteiger partial charge in [0.05, 0.1) is 0 Å². The van der Waals surface area contributed by atoms with Crippen LogP contribution in [0.5, 0.6) is 0 Å². The standard InChI is InChI=1S/C10H19N5.HI/c1-4-8(2)14-10(11)13-7-9-12-5-6-15(9)3;/h5-6,8H,4,7H2,1-3H3,(H3,11,13,14);1H. The molecule has 0 fully saturated rings. The molecule has 92 valence electrons. The zero-order chi connectivity index (χ0) is 11.3. The fourth-order valence-corrected chi connectivity index (χ4v) is 1.10. The van der Waals surface area contributed by atoms with E-state index in [0.717, 1.165) is 12.2 Å². The second kappa shape index (κ2) is 7.48. The summed E-state index contributed by atoms with van der Waals surface area (Å²) in [6, 6.07) is 0.357. The minimum absolute atomic E-state index is 0. The van der Waals surface area contributed by atoms with Gasteiger partial charge in [0.1, 0.15) is 12.4 Å². The van der Waals surface area contributed by atoms with E-state index in [1.807, 2.05) is 17.8 Å². The normalized spacial score (nSPS) is 13.1. The molecule has 0 aromatic carbocycles. The van der Waals surface area contributed by atoms with Gasteiger partial charge in [-0.1, -0.05) is 6.92 Å². The highest BCUT2D eigenvalue weighted by Crippen LogP contribution is 1.96. The largest absolute Gasteiger partial charge is 0.370 e. The lowest BCUT2D eigenvalue weighted by Gasteiger charge is -2.11. The lowest BCUT2D eigenvalue weighted by Crippen LogP contribution is -2.38. The molecule has 0 saturated heterocycles. The molecule has 6 heteroatoms. The Balaban J connectivity index is 0.00000225. The number of hydrogen-bond acceptors (Lipinski definition) is 2. The van der Waals surface area contributed by atoms with E-state index < -0.39 is 0 Å². The highest BCUT2D eigenvalue weighted by Gasteiger charge is 2.00. The summed E-state index contributed by atoms with van der Waals surface area (Å²) in [4.78, 5) is 8.37. The molecule has 3 N–H and O–H groups in total. The summed E-state index contributed by atoms with van der Waals surface area (Å²) in [6.45, 7) is 4.69. The van der Waals surface area contributed by atoms with Crippen LogP contribution in [-0.4, -0.2) is 21.6 Å². The first-order valence-electron chi connectivity index (χ1n) is 5.16. The number of nitrogens with zero attached hydrogens (tertiary/aromatic N) is 3. The number of nitrogens with two attached hydrogens (primary N) is 1. The van der Waals surface area contributed by atoms with Crippen LogP contribution in [0, 0.1) is 0 Å². The van der Waals surface area contributed by atoms with Crippen molar-refractivity contribution < 1.29 is 0 Å². The number of rotatable bonds is 4. The first-order chi connectivity index (χ1) is 7.13. The molecule has 0 amide bonds. The smallest absolute Gasteiger partial charge is 0.189 e. The van der Waals surface area contributed by atoms with E-state index in [0.29, 0.717) is 18.5 Å². The van der Waals surface area contributed by atoms with Crippen molar-refractivity contribution in [2.75, 3.05) is 0 Å².